The first-order valence-corrected chi connectivity index (χ1v) is 9.94. The lowest BCUT2D eigenvalue weighted by Crippen LogP contribution is -2.37. The van der Waals surface area contributed by atoms with Crippen LogP contribution in [-0.4, -0.2) is 52.8 Å². The highest BCUT2D eigenvalue weighted by Gasteiger charge is 2.25. The van der Waals surface area contributed by atoms with Crippen LogP contribution in [0.2, 0.25) is 5.02 Å². The number of carbonyl (C=O) groups is 2. The van der Waals surface area contributed by atoms with Gasteiger partial charge >= 0.3 is 0 Å². The van der Waals surface area contributed by atoms with Crippen LogP contribution < -0.4 is 0 Å². The number of nitrogens with zero attached hydrogens (tertiary/aromatic N) is 2. The molecular formula is C22H21ClFN3O2. The van der Waals surface area contributed by atoms with Crippen molar-refractivity contribution < 1.29 is 14.0 Å². The maximum atomic E-state index is 13.6. The second kappa shape index (κ2) is 7.87. The Morgan fingerprint density at radius 2 is 1.69 bits per heavy atom. The van der Waals surface area contributed by atoms with Gasteiger partial charge in [0.1, 0.15) is 11.5 Å². The maximum Gasteiger partial charge on any atom is 0.270 e. The van der Waals surface area contributed by atoms with Gasteiger partial charge in [-0.25, -0.2) is 4.39 Å². The van der Waals surface area contributed by atoms with Crippen LogP contribution >= 0.6 is 11.6 Å². The van der Waals surface area contributed by atoms with Crippen LogP contribution in [0.15, 0.2) is 42.5 Å². The lowest BCUT2D eigenvalue weighted by Gasteiger charge is -2.22. The van der Waals surface area contributed by atoms with Crippen LogP contribution in [0.3, 0.4) is 0 Å². The lowest BCUT2D eigenvalue weighted by molar-refractivity contribution is 0.0716. The fraction of sp³-hybridized carbons (Fsp3) is 0.273. The van der Waals surface area contributed by atoms with E-state index in [-0.39, 0.29) is 17.6 Å². The average molecular weight is 414 g/mol. The number of amides is 2. The molecule has 1 N–H and O–H groups in total. The van der Waals surface area contributed by atoms with E-state index in [4.69, 9.17) is 11.6 Å². The predicted molar refractivity (Wildman–Crippen MR) is 111 cm³/mol. The normalized spacial score (nSPS) is 14.9. The summed E-state index contributed by atoms with van der Waals surface area (Å²) in [5, 5.41) is 1.26. The van der Waals surface area contributed by atoms with E-state index < -0.39 is 0 Å². The highest BCUT2D eigenvalue weighted by Crippen LogP contribution is 2.23. The summed E-state index contributed by atoms with van der Waals surface area (Å²) in [6, 6.07) is 11.6. The Morgan fingerprint density at radius 1 is 1.00 bits per heavy atom. The largest absolute Gasteiger partial charge is 0.350 e. The van der Waals surface area contributed by atoms with Crippen molar-refractivity contribution >= 4 is 34.3 Å². The van der Waals surface area contributed by atoms with Crippen LogP contribution in [0.1, 0.15) is 32.8 Å². The van der Waals surface area contributed by atoms with Crippen LogP contribution in [0, 0.1) is 12.7 Å². The fourth-order valence-electron chi connectivity index (χ4n) is 3.79. The van der Waals surface area contributed by atoms with Gasteiger partial charge in [0.2, 0.25) is 0 Å². The van der Waals surface area contributed by atoms with Gasteiger partial charge in [-0.1, -0.05) is 23.7 Å². The molecule has 1 aromatic heterocycles. The molecule has 7 heteroatoms. The molecule has 1 fully saturated rings. The standard InChI is InChI=1S/C22H21ClFN3O2/c1-14-11-15(24)12-19-17(14)13-20(25-19)22(29)27-8-4-7-26(9-10-27)21(28)16-5-2-3-6-18(16)23/h2-3,5-6,11-13,25H,4,7-10H2,1H3. The van der Waals surface area contributed by atoms with Crippen molar-refractivity contribution in [3.8, 4) is 0 Å². The van der Waals surface area contributed by atoms with Crippen molar-refractivity contribution in [2.24, 2.45) is 0 Å². The molecule has 1 saturated heterocycles. The summed E-state index contributed by atoms with van der Waals surface area (Å²) < 4.78 is 13.6. The molecule has 0 bridgehead atoms. The minimum absolute atomic E-state index is 0.124. The summed E-state index contributed by atoms with van der Waals surface area (Å²) in [5.74, 6) is -0.603. The van der Waals surface area contributed by atoms with Gasteiger partial charge in [0.05, 0.1) is 10.6 Å². The van der Waals surface area contributed by atoms with Crippen molar-refractivity contribution in [2.75, 3.05) is 26.2 Å². The molecule has 0 unspecified atom stereocenters. The summed E-state index contributed by atoms with van der Waals surface area (Å²) in [6.45, 7) is 3.79. The maximum absolute atomic E-state index is 13.6. The van der Waals surface area contributed by atoms with E-state index >= 15 is 0 Å². The van der Waals surface area contributed by atoms with E-state index in [1.54, 1.807) is 40.1 Å². The molecule has 0 spiro atoms. The predicted octanol–water partition coefficient (Wildman–Crippen LogP) is 4.26. The first-order chi connectivity index (χ1) is 13.9. The minimum Gasteiger partial charge on any atom is -0.350 e. The number of benzene rings is 2. The third-order valence-corrected chi connectivity index (χ3v) is 5.64. The molecule has 2 heterocycles. The Kier molecular flexibility index (Phi) is 5.28. The molecule has 1 aliphatic rings. The second-order valence-electron chi connectivity index (χ2n) is 7.28. The highest BCUT2D eigenvalue weighted by molar-refractivity contribution is 6.33. The molecule has 29 heavy (non-hydrogen) atoms. The molecule has 150 valence electrons. The van der Waals surface area contributed by atoms with E-state index in [0.29, 0.717) is 54.4 Å². The topological polar surface area (TPSA) is 56.4 Å². The number of hydrogen-bond acceptors (Lipinski definition) is 2. The number of aromatic nitrogens is 1. The third-order valence-electron chi connectivity index (χ3n) is 5.31. The van der Waals surface area contributed by atoms with Gasteiger partial charge in [-0.05, 0) is 49.2 Å². The average Bonchev–Trinajstić information content (AvgIpc) is 2.97. The van der Waals surface area contributed by atoms with Gasteiger partial charge in [-0.15, -0.1) is 0 Å². The number of aromatic amines is 1. The van der Waals surface area contributed by atoms with E-state index in [1.807, 2.05) is 6.92 Å². The summed E-state index contributed by atoms with van der Waals surface area (Å²) in [7, 11) is 0. The quantitative estimate of drug-likeness (QED) is 0.682. The number of nitrogens with one attached hydrogen (secondary N) is 1. The number of rotatable bonds is 2. The number of halogens is 2. The zero-order valence-electron chi connectivity index (χ0n) is 16.0. The van der Waals surface area contributed by atoms with E-state index in [9.17, 15) is 14.0 Å². The molecule has 2 aromatic carbocycles. The van der Waals surface area contributed by atoms with Gasteiger partial charge in [0.15, 0.2) is 0 Å². The number of carbonyl (C=O) groups excluding carboxylic acids is 2. The molecule has 0 aliphatic carbocycles. The lowest BCUT2D eigenvalue weighted by atomic mass is 10.1. The van der Waals surface area contributed by atoms with Gasteiger partial charge in [-0.3, -0.25) is 9.59 Å². The molecule has 2 amide bonds. The van der Waals surface area contributed by atoms with Gasteiger partial charge in [0, 0.05) is 37.1 Å². The summed E-state index contributed by atoms with van der Waals surface area (Å²) >= 11 is 6.16. The molecule has 3 aromatic rings. The summed E-state index contributed by atoms with van der Waals surface area (Å²) in [4.78, 5) is 32.3. The van der Waals surface area contributed by atoms with Crippen molar-refractivity contribution in [3.05, 3.63) is 70.1 Å². The van der Waals surface area contributed by atoms with E-state index in [0.717, 1.165) is 10.9 Å². The smallest absolute Gasteiger partial charge is 0.270 e. The number of fused-ring (bicyclic) bond motifs is 1. The Balaban J connectivity index is 1.50. The molecule has 0 radical (unpaired) electrons. The van der Waals surface area contributed by atoms with Crippen molar-refractivity contribution in [1.29, 1.82) is 0 Å². The molecular weight excluding hydrogens is 393 g/mol. The zero-order chi connectivity index (χ0) is 20.5. The number of aryl methyl sites for hydroxylation is 1. The van der Waals surface area contributed by atoms with Crippen LogP contribution in [0.25, 0.3) is 10.9 Å². The van der Waals surface area contributed by atoms with E-state index in [1.165, 1.54) is 12.1 Å². The first-order valence-electron chi connectivity index (χ1n) is 9.56. The molecule has 0 saturated carbocycles. The van der Waals surface area contributed by atoms with Crippen molar-refractivity contribution in [2.45, 2.75) is 13.3 Å². The SMILES string of the molecule is Cc1cc(F)cc2[nH]c(C(=O)N3CCCN(C(=O)c4ccccc4Cl)CC3)cc12. The minimum atomic E-state index is -0.334. The number of hydrogen-bond donors (Lipinski definition) is 1. The van der Waals surface area contributed by atoms with Crippen molar-refractivity contribution in [3.63, 3.8) is 0 Å². The Labute approximate surface area is 173 Å². The van der Waals surface area contributed by atoms with Crippen molar-refractivity contribution in [1.82, 2.24) is 14.8 Å². The third kappa shape index (κ3) is 3.85. The monoisotopic (exact) mass is 413 g/mol. The molecule has 5 nitrogen and oxygen atoms in total. The van der Waals surface area contributed by atoms with Gasteiger partial charge < -0.3 is 14.8 Å². The second-order valence-corrected chi connectivity index (χ2v) is 7.69. The van der Waals surface area contributed by atoms with Crippen LogP contribution in [0.5, 0.6) is 0 Å². The number of H-pyrrole nitrogens is 1. The fourth-order valence-corrected chi connectivity index (χ4v) is 4.01. The van der Waals surface area contributed by atoms with Gasteiger partial charge in [-0.2, -0.15) is 0 Å². The zero-order valence-corrected chi connectivity index (χ0v) is 16.8. The Bertz CT molecular complexity index is 1090. The highest BCUT2D eigenvalue weighted by atomic mass is 35.5. The van der Waals surface area contributed by atoms with Crippen LogP contribution in [0.4, 0.5) is 4.39 Å². The summed E-state index contributed by atoms with van der Waals surface area (Å²) in [5.41, 5.74) is 2.29. The first kappa shape index (κ1) is 19.5. The Morgan fingerprint density at radius 3 is 2.41 bits per heavy atom. The molecule has 4 rings (SSSR count). The van der Waals surface area contributed by atoms with Crippen LogP contribution in [-0.2, 0) is 0 Å². The summed E-state index contributed by atoms with van der Waals surface area (Å²) in [6.07, 6.45) is 0.676. The molecule has 1 aliphatic heterocycles. The van der Waals surface area contributed by atoms with E-state index in [2.05, 4.69) is 4.98 Å². The molecule has 0 atom stereocenters. The van der Waals surface area contributed by atoms with Gasteiger partial charge in [0.25, 0.3) is 11.8 Å². The Hall–Kier alpha value is -2.86.